The first-order valence-corrected chi connectivity index (χ1v) is 18.4. The number of carbonyl (C=O) groups excluding carboxylic acids is 2. The summed E-state index contributed by atoms with van der Waals surface area (Å²) in [5.41, 5.74) is 4.40. The number of H-pyrrole nitrogens is 1. The minimum Gasteiger partial charge on any atom is -0.475 e. The molecule has 0 radical (unpaired) electrons. The molecule has 2 aliphatic rings. The predicted molar refractivity (Wildman–Crippen MR) is 196 cm³/mol. The number of hydrogen-bond donors (Lipinski definition) is 1. The van der Waals surface area contributed by atoms with Crippen LogP contribution in [0.2, 0.25) is 0 Å². The molecule has 0 saturated carbocycles. The van der Waals surface area contributed by atoms with Crippen molar-refractivity contribution >= 4 is 40.0 Å². The number of benzene rings is 1. The molecule has 4 aromatic heterocycles. The van der Waals surface area contributed by atoms with Gasteiger partial charge in [0.05, 0.1) is 22.9 Å². The summed E-state index contributed by atoms with van der Waals surface area (Å²) in [7, 11) is 0. The molecular weight excluding hydrogens is 649 g/mol. The van der Waals surface area contributed by atoms with Crippen LogP contribution < -0.4 is 9.64 Å². The highest BCUT2D eigenvalue weighted by Gasteiger charge is 2.44. The second-order valence-corrected chi connectivity index (χ2v) is 14.7. The van der Waals surface area contributed by atoms with Gasteiger partial charge in [-0.25, -0.2) is 19.9 Å². The third kappa shape index (κ3) is 7.27. The molecule has 0 aliphatic carbocycles. The van der Waals surface area contributed by atoms with E-state index in [1.165, 1.54) is 0 Å². The molecule has 2 fully saturated rings. The fourth-order valence-corrected chi connectivity index (χ4v) is 7.91. The number of anilines is 1. The number of likely N-dealkylation sites (tertiary alicyclic amines) is 1. The number of aromatic nitrogens is 6. The van der Waals surface area contributed by atoms with Gasteiger partial charge in [-0.3, -0.25) is 19.6 Å². The zero-order chi connectivity index (χ0) is 34.7. The largest absolute Gasteiger partial charge is 0.475 e. The lowest BCUT2D eigenvalue weighted by molar-refractivity contribution is -0.125. The number of rotatable bonds is 12. The van der Waals surface area contributed by atoms with Crippen molar-refractivity contribution in [3.63, 3.8) is 0 Å². The van der Waals surface area contributed by atoms with E-state index in [1.54, 1.807) is 36.4 Å². The highest BCUT2D eigenvalue weighted by atomic mass is 32.2. The summed E-state index contributed by atoms with van der Waals surface area (Å²) >= 11 is 1.62. The molecule has 1 atom stereocenters. The number of ketones is 2. The van der Waals surface area contributed by atoms with Gasteiger partial charge in [0.1, 0.15) is 17.3 Å². The van der Waals surface area contributed by atoms with E-state index in [1.807, 2.05) is 62.7 Å². The van der Waals surface area contributed by atoms with Gasteiger partial charge in [-0.15, -0.1) is 11.8 Å². The minimum absolute atomic E-state index is 0.0215. The van der Waals surface area contributed by atoms with E-state index in [2.05, 4.69) is 46.0 Å². The monoisotopic (exact) mass is 690 g/mol. The quantitative estimate of drug-likeness (QED) is 0.174. The minimum atomic E-state index is -0.531. The predicted octanol–water partition coefficient (Wildman–Crippen LogP) is 5.67. The summed E-state index contributed by atoms with van der Waals surface area (Å²) < 4.78 is 5.16. The van der Waals surface area contributed by atoms with E-state index in [9.17, 15) is 9.59 Å². The van der Waals surface area contributed by atoms with Crippen molar-refractivity contribution in [3.8, 4) is 28.5 Å². The van der Waals surface area contributed by atoms with E-state index < -0.39 is 4.75 Å². The Morgan fingerprint density at radius 3 is 2.46 bits per heavy atom. The number of ether oxygens (including phenoxy) is 1. The zero-order valence-corrected chi connectivity index (χ0v) is 29.5. The van der Waals surface area contributed by atoms with Gasteiger partial charge >= 0.3 is 0 Å². The molecule has 6 heterocycles. The lowest BCUT2D eigenvalue weighted by Gasteiger charge is -2.33. The van der Waals surface area contributed by atoms with Crippen LogP contribution in [-0.2, 0) is 16.0 Å². The first kappa shape index (κ1) is 33.8. The first-order valence-electron chi connectivity index (χ1n) is 17.2. The van der Waals surface area contributed by atoms with Gasteiger partial charge < -0.3 is 9.64 Å². The second-order valence-electron chi connectivity index (χ2n) is 13.5. The lowest BCUT2D eigenvalue weighted by Crippen LogP contribution is -2.42. The van der Waals surface area contributed by atoms with E-state index in [0.717, 1.165) is 78.0 Å². The van der Waals surface area contributed by atoms with Crippen LogP contribution in [0.15, 0.2) is 73.3 Å². The van der Waals surface area contributed by atoms with Crippen LogP contribution in [0, 0.1) is 5.92 Å². The molecule has 50 heavy (non-hydrogen) atoms. The summed E-state index contributed by atoms with van der Waals surface area (Å²) in [5.74, 6) is 2.63. The van der Waals surface area contributed by atoms with Crippen molar-refractivity contribution in [2.24, 2.45) is 5.92 Å². The number of nitrogens with one attached hydrogen (secondary N) is 1. The van der Waals surface area contributed by atoms with E-state index in [4.69, 9.17) is 4.74 Å². The molecule has 11 nitrogen and oxygen atoms in total. The van der Waals surface area contributed by atoms with Crippen LogP contribution >= 0.6 is 11.8 Å². The summed E-state index contributed by atoms with van der Waals surface area (Å²) in [6, 6.07) is 15.6. The molecule has 7 rings (SSSR count). The fraction of sp³-hybridized carbons (Fsp3) is 0.395. The van der Waals surface area contributed by atoms with Crippen LogP contribution in [0.4, 0.5) is 5.82 Å². The van der Waals surface area contributed by atoms with Crippen LogP contribution in [0.5, 0.6) is 5.88 Å². The van der Waals surface area contributed by atoms with Crippen LogP contribution in [0.1, 0.15) is 38.7 Å². The fourth-order valence-electron chi connectivity index (χ4n) is 7.00. The maximum atomic E-state index is 13.9. The average Bonchev–Trinajstić information content (AvgIpc) is 3.77. The molecule has 2 saturated heterocycles. The topological polar surface area (TPSA) is 130 Å². The zero-order valence-electron chi connectivity index (χ0n) is 28.7. The number of hydrogen-bond acceptors (Lipinski definition) is 11. The summed E-state index contributed by atoms with van der Waals surface area (Å²) in [4.78, 5) is 49.5. The Labute approximate surface area is 296 Å². The number of pyridine rings is 2. The SMILES string of the molecule is CS[C@@]1(C(=O)Cc2ccc3[nH]nc(-c4ccc(OC(C)C)nc4)c3c2)CCN(CC(=O)C2CCN(c3ccc(-c4ncccn4)cn3)CC2)C1. The highest BCUT2D eigenvalue weighted by Crippen LogP contribution is 2.37. The molecule has 1 N–H and O–H groups in total. The van der Waals surface area contributed by atoms with Crippen molar-refractivity contribution in [2.45, 2.75) is 50.4 Å². The Morgan fingerprint density at radius 2 is 1.76 bits per heavy atom. The number of piperidine rings is 1. The van der Waals surface area contributed by atoms with Crippen LogP contribution in [-0.4, -0.2) is 96.4 Å². The molecule has 2 aliphatic heterocycles. The standard InChI is InChI=1S/C38H42N8O3S/c1-25(2)49-35-10-7-28(21-42-35)36-30-19-26(5-8-31(30)43-44-36)20-33(48)38(50-3)13-18-45(24-38)23-32(47)27-11-16-46(17-12-27)34-9-6-29(22-41-34)37-39-14-4-15-40-37/h4-10,14-15,19,21-22,25,27H,11-13,16-18,20,23-24H2,1-3H3,(H,43,44)/t38-/m0/s1. The van der Waals surface area contributed by atoms with E-state index >= 15 is 0 Å². The maximum absolute atomic E-state index is 13.9. The van der Waals surface area contributed by atoms with Gasteiger partial charge in [0.15, 0.2) is 11.6 Å². The van der Waals surface area contributed by atoms with Gasteiger partial charge in [0, 0.05) is 85.9 Å². The molecular formula is C38H42N8O3S. The Hall–Kier alpha value is -4.68. The van der Waals surface area contributed by atoms with Gasteiger partial charge in [-0.05, 0) is 81.3 Å². The van der Waals surface area contributed by atoms with Gasteiger partial charge in [-0.2, -0.15) is 5.10 Å². The number of aromatic amines is 1. The molecule has 258 valence electrons. The average molecular weight is 691 g/mol. The maximum Gasteiger partial charge on any atom is 0.213 e. The van der Waals surface area contributed by atoms with E-state index in [-0.39, 0.29) is 23.6 Å². The Kier molecular flexibility index (Phi) is 9.91. The van der Waals surface area contributed by atoms with Gasteiger partial charge in [0.2, 0.25) is 5.88 Å². The van der Waals surface area contributed by atoms with Crippen LogP contribution in [0.3, 0.4) is 0 Å². The van der Waals surface area contributed by atoms with E-state index in [0.29, 0.717) is 31.2 Å². The van der Waals surface area contributed by atoms with Gasteiger partial charge in [-0.1, -0.05) is 6.07 Å². The molecule has 12 heteroatoms. The first-order chi connectivity index (χ1) is 24.3. The molecule has 0 bridgehead atoms. The molecule has 0 amide bonds. The Balaban J connectivity index is 0.936. The normalized spacial score (nSPS) is 18.6. The van der Waals surface area contributed by atoms with Crippen molar-refractivity contribution in [1.82, 2.24) is 35.0 Å². The second kappa shape index (κ2) is 14.7. The van der Waals surface area contributed by atoms with Crippen molar-refractivity contribution in [1.29, 1.82) is 0 Å². The van der Waals surface area contributed by atoms with Crippen molar-refractivity contribution in [2.75, 3.05) is 43.9 Å². The summed E-state index contributed by atoms with van der Waals surface area (Å²) in [6.45, 7) is 7.24. The number of thioether (sulfide) groups is 1. The molecule has 1 aromatic carbocycles. The molecule has 0 unspecified atom stereocenters. The smallest absolute Gasteiger partial charge is 0.213 e. The number of nitrogens with zero attached hydrogens (tertiary/aromatic N) is 7. The Morgan fingerprint density at radius 1 is 0.980 bits per heavy atom. The molecule has 0 spiro atoms. The number of fused-ring (bicyclic) bond motifs is 1. The number of carbonyl (C=O) groups is 2. The lowest BCUT2D eigenvalue weighted by atomic mass is 9.92. The number of Topliss-reactive ketones (excluding diaryl/α,β-unsaturated/α-hetero) is 2. The van der Waals surface area contributed by atoms with Crippen LogP contribution in [0.25, 0.3) is 33.5 Å². The summed E-state index contributed by atoms with van der Waals surface area (Å²) in [6.07, 6.45) is 11.8. The highest BCUT2D eigenvalue weighted by molar-refractivity contribution is 8.00. The third-order valence-electron chi connectivity index (χ3n) is 9.79. The molecule has 5 aromatic rings. The van der Waals surface area contributed by atoms with Crippen molar-refractivity contribution < 1.29 is 14.3 Å². The third-order valence-corrected chi connectivity index (χ3v) is 11.1. The Bertz CT molecular complexity index is 1940. The van der Waals surface area contributed by atoms with Gasteiger partial charge in [0.25, 0.3) is 0 Å². The summed E-state index contributed by atoms with van der Waals surface area (Å²) in [5, 5.41) is 8.61. The van der Waals surface area contributed by atoms with Crippen molar-refractivity contribution in [3.05, 3.63) is 78.9 Å².